The lowest BCUT2D eigenvalue weighted by Gasteiger charge is -2.28. The summed E-state index contributed by atoms with van der Waals surface area (Å²) in [5, 5.41) is 0. The summed E-state index contributed by atoms with van der Waals surface area (Å²) >= 11 is 0. The summed E-state index contributed by atoms with van der Waals surface area (Å²) in [6, 6.07) is 11.2. The number of benzene rings is 1. The topological polar surface area (TPSA) is 75.6 Å². The summed E-state index contributed by atoms with van der Waals surface area (Å²) < 4.78 is 41.1. The fourth-order valence-corrected chi connectivity index (χ4v) is 3.61. The number of hydrogen-bond donors (Lipinski definition) is 0. The molecule has 1 aromatic carbocycles. The molecule has 10 heteroatoms. The van der Waals surface area contributed by atoms with Crippen LogP contribution in [0, 0.1) is 0 Å². The molecule has 1 aliphatic rings. The van der Waals surface area contributed by atoms with Crippen molar-refractivity contribution in [2.24, 2.45) is 0 Å². The second kappa shape index (κ2) is 8.19. The maximum absolute atomic E-state index is 13.3. The molecule has 0 aliphatic carbocycles. The van der Waals surface area contributed by atoms with Gasteiger partial charge >= 0.3 is 12.4 Å². The van der Waals surface area contributed by atoms with Crippen molar-refractivity contribution in [3.63, 3.8) is 0 Å². The van der Waals surface area contributed by atoms with E-state index in [1.807, 2.05) is 12.1 Å². The second-order valence-electron chi connectivity index (χ2n) is 7.86. The van der Waals surface area contributed by atoms with E-state index in [2.05, 4.69) is 14.7 Å². The first kappa shape index (κ1) is 22.3. The molecule has 0 saturated carbocycles. The van der Waals surface area contributed by atoms with Crippen molar-refractivity contribution in [2.45, 2.75) is 32.3 Å². The number of ether oxygens (including phenoxy) is 1. The first-order chi connectivity index (χ1) is 15.6. The minimum atomic E-state index is -4.84. The molecule has 0 bridgehead atoms. The molecule has 0 unspecified atom stereocenters. The van der Waals surface area contributed by atoms with Crippen molar-refractivity contribution in [2.75, 3.05) is 4.90 Å². The van der Waals surface area contributed by atoms with E-state index in [-0.39, 0.29) is 12.2 Å². The molecule has 4 rings (SSSR count). The zero-order valence-corrected chi connectivity index (χ0v) is 17.7. The fourth-order valence-electron chi connectivity index (χ4n) is 3.61. The zero-order chi connectivity index (χ0) is 23.8. The number of anilines is 1. The Balaban J connectivity index is 1.63. The average Bonchev–Trinajstić information content (AvgIpc) is 2.94. The largest absolute Gasteiger partial charge is 0.573 e. The van der Waals surface area contributed by atoms with Gasteiger partial charge in [0.05, 0.1) is 11.4 Å². The number of rotatable bonds is 5. The van der Waals surface area contributed by atoms with Crippen LogP contribution in [-0.4, -0.2) is 38.7 Å². The second-order valence-corrected chi connectivity index (χ2v) is 7.86. The zero-order valence-electron chi connectivity index (χ0n) is 17.7. The van der Waals surface area contributed by atoms with Crippen LogP contribution >= 0.6 is 0 Å². The Labute approximate surface area is 187 Å². The molecule has 1 aliphatic heterocycles. The molecule has 1 fully saturated rings. The molecule has 3 aromatic rings. The molecule has 1 saturated heterocycles. The van der Waals surface area contributed by atoms with Crippen LogP contribution in [0.2, 0.25) is 0 Å². The van der Waals surface area contributed by atoms with E-state index >= 15 is 0 Å². The summed E-state index contributed by atoms with van der Waals surface area (Å²) in [5.74, 6) is -0.941. The summed E-state index contributed by atoms with van der Waals surface area (Å²) in [6.07, 6.45) is 0.0440. The molecular weight excluding hydrogens is 437 g/mol. The Kier molecular flexibility index (Phi) is 5.52. The highest BCUT2D eigenvalue weighted by molar-refractivity contribution is 6.22. The van der Waals surface area contributed by atoms with E-state index in [0.717, 1.165) is 28.2 Å². The number of amides is 3. The number of urea groups is 1. The standard InChI is InChI=1S/C23H19F3N4O3/c1-22(2)20(31)30(16-6-8-17(9-7-16)33-23(24,25)26)21(32)29(22)14-15-10-12-27-13-18(15)19-5-3-4-11-28-19/h3-13H,14H2,1-2H3. The van der Waals surface area contributed by atoms with Gasteiger partial charge in [-0.1, -0.05) is 6.07 Å². The van der Waals surface area contributed by atoms with E-state index in [4.69, 9.17) is 0 Å². The number of pyridine rings is 2. The Hall–Kier alpha value is -3.95. The van der Waals surface area contributed by atoms with Crippen molar-refractivity contribution in [3.05, 3.63) is 72.7 Å². The fraction of sp³-hybridized carbons (Fsp3) is 0.217. The van der Waals surface area contributed by atoms with Gasteiger partial charge in [-0.25, -0.2) is 9.69 Å². The summed E-state index contributed by atoms with van der Waals surface area (Å²) in [6.45, 7) is 3.35. The average molecular weight is 456 g/mol. The Bertz CT molecular complexity index is 1180. The number of nitrogens with zero attached hydrogens (tertiary/aromatic N) is 4. The van der Waals surface area contributed by atoms with Gasteiger partial charge in [0.15, 0.2) is 0 Å². The number of alkyl halides is 3. The van der Waals surface area contributed by atoms with Gasteiger partial charge in [-0.3, -0.25) is 14.8 Å². The summed E-state index contributed by atoms with van der Waals surface area (Å²) in [4.78, 5) is 37.3. The minimum absolute atomic E-state index is 0.109. The number of halogens is 3. The lowest BCUT2D eigenvalue weighted by molar-refractivity contribution is -0.274. The Morgan fingerprint density at radius 2 is 1.73 bits per heavy atom. The third kappa shape index (κ3) is 4.36. The molecule has 2 aromatic heterocycles. The lowest BCUT2D eigenvalue weighted by Crippen LogP contribution is -2.43. The number of carbonyl (C=O) groups is 2. The van der Waals surface area contributed by atoms with Crippen LogP contribution in [0.25, 0.3) is 11.3 Å². The molecular formula is C23H19F3N4O3. The van der Waals surface area contributed by atoms with Crippen LogP contribution in [0.1, 0.15) is 19.4 Å². The first-order valence-corrected chi connectivity index (χ1v) is 9.94. The summed E-state index contributed by atoms with van der Waals surface area (Å²) in [7, 11) is 0. The van der Waals surface area contributed by atoms with Gasteiger partial charge in [0.25, 0.3) is 5.91 Å². The molecule has 170 valence electrons. The molecule has 3 amide bonds. The molecule has 3 heterocycles. The van der Waals surface area contributed by atoms with E-state index in [0.29, 0.717) is 5.69 Å². The van der Waals surface area contributed by atoms with Crippen LogP contribution in [0.4, 0.5) is 23.7 Å². The van der Waals surface area contributed by atoms with Crippen molar-refractivity contribution >= 4 is 17.6 Å². The van der Waals surface area contributed by atoms with Crippen LogP contribution < -0.4 is 9.64 Å². The third-order valence-electron chi connectivity index (χ3n) is 5.33. The quantitative estimate of drug-likeness (QED) is 0.516. The molecule has 0 radical (unpaired) electrons. The smallest absolute Gasteiger partial charge is 0.406 e. The van der Waals surface area contributed by atoms with Crippen molar-refractivity contribution in [1.82, 2.24) is 14.9 Å². The molecule has 33 heavy (non-hydrogen) atoms. The van der Waals surface area contributed by atoms with Gasteiger partial charge in [0.2, 0.25) is 0 Å². The molecule has 0 N–H and O–H groups in total. The maximum Gasteiger partial charge on any atom is 0.573 e. The number of carbonyl (C=O) groups excluding carboxylic acids is 2. The van der Waals surface area contributed by atoms with E-state index in [9.17, 15) is 22.8 Å². The van der Waals surface area contributed by atoms with Gasteiger partial charge in [0.1, 0.15) is 11.3 Å². The van der Waals surface area contributed by atoms with Crippen LogP contribution in [-0.2, 0) is 11.3 Å². The number of aromatic nitrogens is 2. The molecule has 0 spiro atoms. The van der Waals surface area contributed by atoms with Gasteiger partial charge in [-0.2, -0.15) is 0 Å². The highest BCUT2D eigenvalue weighted by Gasteiger charge is 2.51. The predicted molar refractivity (Wildman–Crippen MR) is 113 cm³/mol. The first-order valence-electron chi connectivity index (χ1n) is 9.94. The number of hydrogen-bond acceptors (Lipinski definition) is 5. The van der Waals surface area contributed by atoms with Crippen LogP contribution in [0.15, 0.2) is 67.1 Å². The van der Waals surface area contributed by atoms with Gasteiger partial charge in [0, 0.05) is 30.7 Å². The lowest BCUT2D eigenvalue weighted by atomic mass is 10.0. The van der Waals surface area contributed by atoms with Crippen molar-refractivity contribution in [1.29, 1.82) is 0 Å². The van der Waals surface area contributed by atoms with Gasteiger partial charge in [-0.15, -0.1) is 13.2 Å². The van der Waals surface area contributed by atoms with Crippen molar-refractivity contribution < 1.29 is 27.5 Å². The van der Waals surface area contributed by atoms with Crippen LogP contribution in [0.3, 0.4) is 0 Å². The van der Waals surface area contributed by atoms with E-state index in [1.54, 1.807) is 44.6 Å². The maximum atomic E-state index is 13.3. The monoisotopic (exact) mass is 456 g/mol. The normalized spacial score (nSPS) is 15.8. The minimum Gasteiger partial charge on any atom is -0.406 e. The third-order valence-corrected chi connectivity index (χ3v) is 5.33. The Morgan fingerprint density at radius 3 is 2.36 bits per heavy atom. The highest BCUT2D eigenvalue weighted by atomic mass is 19.4. The predicted octanol–water partition coefficient (Wildman–Crippen LogP) is 4.79. The van der Waals surface area contributed by atoms with Crippen molar-refractivity contribution in [3.8, 4) is 17.0 Å². The van der Waals surface area contributed by atoms with Crippen LogP contribution in [0.5, 0.6) is 5.75 Å². The van der Waals surface area contributed by atoms with E-state index < -0.39 is 29.6 Å². The van der Waals surface area contributed by atoms with Gasteiger partial charge in [-0.05, 0) is 61.9 Å². The number of imide groups is 1. The van der Waals surface area contributed by atoms with Gasteiger partial charge < -0.3 is 9.64 Å². The SMILES string of the molecule is CC1(C)C(=O)N(c2ccc(OC(F)(F)F)cc2)C(=O)N1Cc1ccncc1-c1ccccn1. The van der Waals surface area contributed by atoms with E-state index in [1.165, 1.54) is 17.0 Å². The Morgan fingerprint density at radius 1 is 1.00 bits per heavy atom. The summed E-state index contributed by atoms with van der Waals surface area (Å²) in [5.41, 5.74) is 1.10. The highest BCUT2D eigenvalue weighted by Crippen LogP contribution is 2.35. The molecule has 7 nitrogen and oxygen atoms in total. The molecule has 0 atom stereocenters.